The van der Waals surface area contributed by atoms with Gasteiger partial charge < -0.3 is 10.6 Å². The first-order chi connectivity index (χ1) is 9.81. The predicted molar refractivity (Wildman–Crippen MR) is 83.0 cm³/mol. The van der Waals surface area contributed by atoms with E-state index in [9.17, 15) is 0 Å². The molecule has 2 aliphatic carbocycles. The van der Waals surface area contributed by atoms with Crippen molar-refractivity contribution in [3.05, 3.63) is 11.9 Å². The largest absolute Gasteiger partial charge is 0.373 e. The molecule has 4 heteroatoms. The second-order valence-electron chi connectivity index (χ2n) is 6.37. The van der Waals surface area contributed by atoms with E-state index >= 15 is 0 Å². The molecule has 0 aromatic carbocycles. The van der Waals surface area contributed by atoms with Gasteiger partial charge in [-0.2, -0.15) is 0 Å². The van der Waals surface area contributed by atoms with Crippen LogP contribution in [0.4, 0.5) is 11.6 Å². The van der Waals surface area contributed by atoms with E-state index in [-0.39, 0.29) is 0 Å². The molecule has 2 N–H and O–H groups in total. The van der Waals surface area contributed by atoms with Crippen LogP contribution in [0.15, 0.2) is 6.33 Å². The van der Waals surface area contributed by atoms with Gasteiger partial charge in [0.15, 0.2) is 0 Å². The maximum Gasteiger partial charge on any atom is 0.134 e. The topological polar surface area (TPSA) is 49.8 Å². The van der Waals surface area contributed by atoms with E-state index < -0.39 is 0 Å². The molecule has 0 amide bonds. The van der Waals surface area contributed by atoms with Crippen molar-refractivity contribution >= 4 is 11.6 Å². The molecule has 2 bridgehead atoms. The van der Waals surface area contributed by atoms with Crippen molar-refractivity contribution in [1.29, 1.82) is 0 Å². The van der Waals surface area contributed by atoms with Crippen molar-refractivity contribution in [3.63, 3.8) is 0 Å². The summed E-state index contributed by atoms with van der Waals surface area (Å²) in [5.41, 5.74) is 1.24. The van der Waals surface area contributed by atoms with Crippen LogP contribution in [0.1, 0.15) is 44.6 Å². The summed E-state index contributed by atoms with van der Waals surface area (Å²) in [6, 6.07) is 0. The Hall–Kier alpha value is -1.32. The minimum absolute atomic E-state index is 0.858. The van der Waals surface area contributed by atoms with E-state index in [0.717, 1.165) is 48.8 Å². The molecule has 20 heavy (non-hydrogen) atoms. The Balaban J connectivity index is 1.67. The molecular formula is C16H26N4. The maximum atomic E-state index is 4.47. The lowest BCUT2D eigenvalue weighted by molar-refractivity contribution is 0.348. The van der Waals surface area contributed by atoms with Crippen LogP contribution in [-0.4, -0.2) is 23.6 Å². The van der Waals surface area contributed by atoms with Gasteiger partial charge in [0.05, 0.1) is 0 Å². The van der Waals surface area contributed by atoms with Gasteiger partial charge >= 0.3 is 0 Å². The molecule has 110 valence electrons. The molecule has 0 spiro atoms. The minimum atomic E-state index is 0.858. The molecule has 3 unspecified atom stereocenters. The second kappa shape index (κ2) is 5.98. The molecular weight excluding hydrogens is 248 g/mol. The van der Waals surface area contributed by atoms with Gasteiger partial charge in [-0.3, -0.25) is 0 Å². The Bertz CT molecular complexity index is 460. The minimum Gasteiger partial charge on any atom is -0.373 e. The number of aromatic nitrogens is 2. The van der Waals surface area contributed by atoms with Gasteiger partial charge in [0, 0.05) is 19.2 Å². The Morgan fingerprint density at radius 2 is 2.05 bits per heavy atom. The molecule has 4 nitrogen and oxygen atoms in total. The van der Waals surface area contributed by atoms with Crippen molar-refractivity contribution in [2.45, 2.75) is 45.4 Å². The normalized spacial score (nSPS) is 27.8. The molecule has 1 heterocycles. The van der Waals surface area contributed by atoms with Gasteiger partial charge in [-0.15, -0.1) is 0 Å². The summed E-state index contributed by atoms with van der Waals surface area (Å²) in [4.78, 5) is 8.80. The van der Waals surface area contributed by atoms with Crippen LogP contribution in [-0.2, 0) is 6.42 Å². The molecule has 3 atom stereocenters. The number of hydrogen-bond acceptors (Lipinski definition) is 4. The molecule has 0 saturated heterocycles. The Morgan fingerprint density at radius 3 is 2.70 bits per heavy atom. The number of fused-ring (bicyclic) bond motifs is 2. The van der Waals surface area contributed by atoms with E-state index in [0.29, 0.717) is 0 Å². The molecule has 0 radical (unpaired) electrons. The smallest absolute Gasteiger partial charge is 0.134 e. The average Bonchev–Trinajstić information content (AvgIpc) is 3.09. The van der Waals surface area contributed by atoms with Crippen LogP contribution < -0.4 is 10.6 Å². The fourth-order valence-electron chi connectivity index (χ4n) is 4.12. The summed E-state index contributed by atoms with van der Waals surface area (Å²) in [6.45, 7) is 3.28. The fraction of sp³-hybridized carbons (Fsp3) is 0.750. The zero-order valence-corrected chi connectivity index (χ0v) is 12.7. The van der Waals surface area contributed by atoms with Gasteiger partial charge in [-0.25, -0.2) is 9.97 Å². The molecule has 2 aliphatic rings. The zero-order chi connectivity index (χ0) is 13.9. The standard InChI is InChI=1S/C16H26N4/c1-3-4-14-15(17-2)19-10-20-16(14)18-9-13-8-11-5-6-12(13)7-11/h10-13H,3-9H2,1-2H3,(H2,17,18,19,20). The van der Waals surface area contributed by atoms with Crippen molar-refractivity contribution in [3.8, 4) is 0 Å². The molecule has 3 rings (SSSR count). The van der Waals surface area contributed by atoms with Crippen LogP contribution in [0.2, 0.25) is 0 Å². The zero-order valence-electron chi connectivity index (χ0n) is 12.7. The third-order valence-corrected chi connectivity index (χ3v) is 5.10. The van der Waals surface area contributed by atoms with Crippen LogP contribution in [0.5, 0.6) is 0 Å². The quantitative estimate of drug-likeness (QED) is 0.835. The van der Waals surface area contributed by atoms with Gasteiger partial charge in [0.1, 0.15) is 18.0 Å². The van der Waals surface area contributed by atoms with Crippen LogP contribution in [0, 0.1) is 17.8 Å². The monoisotopic (exact) mass is 274 g/mol. The SMILES string of the molecule is CCCc1c(NC)ncnc1NCC1CC2CCC1C2. The van der Waals surface area contributed by atoms with Gasteiger partial charge in [0.2, 0.25) is 0 Å². The lowest BCUT2D eigenvalue weighted by atomic mass is 9.89. The first-order valence-electron chi connectivity index (χ1n) is 8.07. The molecule has 1 aromatic heterocycles. The summed E-state index contributed by atoms with van der Waals surface area (Å²) in [7, 11) is 1.93. The second-order valence-corrected chi connectivity index (χ2v) is 6.37. The van der Waals surface area contributed by atoms with Crippen LogP contribution >= 0.6 is 0 Å². The first-order valence-corrected chi connectivity index (χ1v) is 8.07. The summed E-state index contributed by atoms with van der Waals surface area (Å²) in [5, 5.41) is 6.79. The maximum absolute atomic E-state index is 4.47. The highest BCUT2D eigenvalue weighted by molar-refractivity contribution is 5.57. The summed E-state index contributed by atoms with van der Waals surface area (Å²) < 4.78 is 0. The summed E-state index contributed by atoms with van der Waals surface area (Å²) in [6.07, 6.45) is 9.61. The number of anilines is 2. The average molecular weight is 274 g/mol. The Morgan fingerprint density at radius 1 is 1.20 bits per heavy atom. The summed E-state index contributed by atoms with van der Waals surface area (Å²) in [5.74, 6) is 4.84. The van der Waals surface area contributed by atoms with E-state index in [4.69, 9.17) is 0 Å². The highest BCUT2D eigenvalue weighted by atomic mass is 15.1. The fourth-order valence-corrected chi connectivity index (χ4v) is 4.12. The molecule has 1 aromatic rings. The third kappa shape index (κ3) is 2.60. The van der Waals surface area contributed by atoms with Crippen molar-refractivity contribution in [2.24, 2.45) is 17.8 Å². The van der Waals surface area contributed by atoms with Gasteiger partial charge in [-0.1, -0.05) is 19.8 Å². The van der Waals surface area contributed by atoms with E-state index in [1.165, 1.54) is 31.2 Å². The number of rotatable bonds is 6. The lowest BCUT2D eigenvalue weighted by Gasteiger charge is -2.23. The number of nitrogens with one attached hydrogen (secondary N) is 2. The number of nitrogens with zero attached hydrogens (tertiary/aromatic N) is 2. The van der Waals surface area contributed by atoms with Crippen molar-refractivity contribution in [1.82, 2.24) is 9.97 Å². The predicted octanol–water partition coefficient (Wildman–Crippen LogP) is 3.32. The van der Waals surface area contributed by atoms with Crippen molar-refractivity contribution < 1.29 is 0 Å². The molecule has 2 fully saturated rings. The van der Waals surface area contributed by atoms with Crippen LogP contribution in [0.3, 0.4) is 0 Å². The highest BCUT2D eigenvalue weighted by Crippen LogP contribution is 2.48. The van der Waals surface area contributed by atoms with Gasteiger partial charge in [0.25, 0.3) is 0 Å². The third-order valence-electron chi connectivity index (χ3n) is 5.10. The molecule has 0 aliphatic heterocycles. The first kappa shape index (κ1) is 13.7. The van der Waals surface area contributed by atoms with E-state index in [1.807, 2.05) is 7.05 Å². The molecule has 2 saturated carbocycles. The lowest BCUT2D eigenvalue weighted by Crippen LogP contribution is -2.21. The van der Waals surface area contributed by atoms with Crippen LogP contribution in [0.25, 0.3) is 0 Å². The Labute approximate surface area is 121 Å². The number of hydrogen-bond donors (Lipinski definition) is 2. The van der Waals surface area contributed by atoms with E-state index in [2.05, 4.69) is 27.5 Å². The highest BCUT2D eigenvalue weighted by Gasteiger charge is 2.39. The van der Waals surface area contributed by atoms with Crippen molar-refractivity contribution in [2.75, 3.05) is 24.2 Å². The Kier molecular flexibility index (Phi) is 4.08. The summed E-state index contributed by atoms with van der Waals surface area (Å²) >= 11 is 0. The van der Waals surface area contributed by atoms with Gasteiger partial charge in [-0.05, 0) is 43.4 Å². The van der Waals surface area contributed by atoms with E-state index in [1.54, 1.807) is 6.33 Å².